The summed E-state index contributed by atoms with van der Waals surface area (Å²) < 4.78 is 17.4. The lowest BCUT2D eigenvalue weighted by Gasteiger charge is -2.39. The summed E-state index contributed by atoms with van der Waals surface area (Å²) in [6.07, 6.45) is 2.15. The fourth-order valence-corrected chi connectivity index (χ4v) is 12.0. The number of carbonyl (C=O) groups is 2. The van der Waals surface area contributed by atoms with Gasteiger partial charge in [-0.15, -0.1) is 0 Å². The molecule has 46 heavy (non-hydrogen) atoms. The van der Waals surface area contributed by atoms with Crippen LogP contribution in [0.3, 0.4) is 0 Å². The van der Waals surface area contributed by atoms with E-state index in [1.807, 2.05) is 41.3 Å². The summed E-state index contributed by atoms with van der Waals surface area (Å²) in [6.45, 7) is 8.55. The number of aliphatic hydroxyl groups is 1. The van der Waals surface area contributed by atoms with Gasteiger partial charge in [0, 0.05) is 12.2 Å². The number of carbonyl (C=O) groups excluding carboxylic acids is 2. The number of fused-ring (bicyclic) bond motifs is 1. The quantitative estimate of drug-likeness (QED) is 0.302. The third-order valence-electron chi connectivity index (χ3n) is 10.6. The molecule has 0 radical (unpaired) electrons. The molecular weight excluding hydrogens is 597 g/mol. The molecule has 5 atom stereocenters. The number of hydrogen-bond donors (Lipinski definition) is 1. The number of methoxy groups -OCH3 is 1. The van der Waals surface area contributed by atoms with Gasteiger partial charge >= 0.3 is 6.09 Å². The predicted octanol–water partition coefficient (Wildman–Crippen LogP) is 5.31. The monoisotopic (exact) mass is 642 g/mol. The van der Waals surface area contributed by atoms with E-state index in [2.05, 4.69) is 56.4 Å². The van der Waals surface area contributed by atoms with Crippen LogP contribution < -0.4 is 14.8 Å². The van der Waals surface area contributed by atoms with Crippen LogP contribution in [-0.4, -0.2) is 75.2 Å². The molecule has 0 aromatic heterocycles. The Morgan fingerprint density at radius 3 is 2.37 bits per heavy atom. The van der Waals surface area contributed by atoms with Crippen molar-refractivity contribution in [1.29, 1.82) is 0 Å². The van der Waals surface area contributed by atoms with E-state index in [-0.39, 0.29) is 48.3 Å². The molecule has 3 aliphatic rings. The molecule has 1 N–H and O–H groups in total. The molecule has 0 bridgehead atoms. The zero-order valence-electron chi connectivity index (χ0n) is 27.4. The molecule has 3 heterocycles. The third-order valence-corrected chi connectivity index (χ3v) is 14.9. The van der Waals surface area contributed by atoms with Gasteiger partial charge in [-0.2, -0.15) is 0 Å². The maximum atomic E-state index is 14.1. The van der Waals surface area contributed by atoms with Crippen LogP contribution in [0.25, 0.3) is 0 Å². The van der Waals surface area contributed by atoms with Gasteiger partial charge in [0.15, 0.2) is 0 Å². The maximum absolute atomic E-state index is 14.1. The highest BCUT2D eigenvalue weighted by atomic mass is 28.3. The molecule has 3 aromatic carbocycles. The van der Waals surface area contributed by atoms with Gasteiger partial charge in [0.1, 0.15) is 12.4 Å². The van der Waals surface area contributed by atoms with Crippen molar-refractivity contribution in [2.75, 3.05) is 31.8 Å². The average molecular weight is 643 g/mol. The molecule has 2 amide bonds. The minimum atomic E-state index is -2.14. The molecular formula is C37H46N2O6Si. The van der Waals surface area contributed by atoms with E-state index in [9.17, 15) is 14.7 Å². The normalized spacial score (nSPS) is 24.5. The Balaban J connectivity index is 1.21. The van der Waals surface area contributed by atoms with Crippen molar-refractivity contribution in [1.82, 2.24) is 4.90 Å². The lowest BCUT2D eigenvalue weighted by molar-refractivity contribution is -0.138. The van der Waals surface area contributed by atoms with Crippen molar-refractivity contribution in [3.05, 3.63) is 89.5 Å². The van der Waals surface area contributed by atoms with Crippen molar-refractivity contribution < 1.29 is 28.9 Å². The number of anilines is 1. The first kappa shape index (κ1) is 32.3. The number of aryl methyl sites for hydroxylation is 1. The molecule has 6 rings (SSSR count). The maximum Gasteiger partial charge on any atom is 0.414 e. The van der Waals surface area contributed by atoms with Crippen molar-refractivity contribution in [2.24, 2.45) is 5.92 Å². The minimum Gasteiger partial charge on any atom is -0.497 e. The van der Waals surface area contributed by atoms with E-state index in [1.54, 1.807) is 12.0 Å². The van der Waals surface area contributed by atoms with Crippen LogP contribution in [0, 0.1) is 5.92 Å². The molecule has 2 saturated heterocycles. The zero-order chi connectivity index (χ0) is 32.4. The fourth-order valence-electron chi connectivity index (χ4n) is 7.96. The highest BCUT2D eigenvalue weighted by Gasteiger charge is 2.51. The van der Waals surface area contributed by atoms with E-state index in [0.29, 0.717) is 32.5 Å². The number of rotatable bonds is 10. The van der Waals surface area contributed by atoms with Gasteiger partial charge < -0.3 is 24.2 Å². The molecule has 2 fully saturated rings. The first-order valence-corrected chi connectivity index (χ1v) is 19.6. The Morgan fingerprint density at radius 1 is 1.00 bits per heavy atom. The van der Waals surface area contributed by atoms with Gasteiger partial charge in [0.25, 0.3) is 0 Å². The second-order valence-corrected chi connectivity index (χ2v) is 18.2. The second-order valence-electron chi connectivity index (χ2n) is 13.6. The first-order chi connectivity index (χ1) is 22.2. The van der Waals surface area contributed by atoms with Gasteiger partial charge in [-0.1, -0.05) is 73.7 Å². The van der Waals surface area contributed by atoms with E-state index in [1.165, 1.54) is 16.3 Å². The second kappa shape index (κ2) is 13.6. The molecule has 9 heteroatoms. The number of cyclic esters (lactones) is 1. The van der Waals surface area contributed by atoms with Crippen molar-refractivity contribution in [3.8, 4) is 5.75 Å². The third kappa shape index (κ3) is 6.45. The molecule has 3 aromatic rings. The molecule has 244 valence electrons. The number of benzene rings is 3. The topological polar surface area (TPSA) is 88.5 Å². The van der Waals surface area contributed by atoms with Crippen LogP contribution in [-0.2, 0) is 33.7 Å². The number of amides is 2. The average Bonchev–Trinajstić information content (AvgIpc) is 3.65. The van der Waals surface area contributed by atoms with E-state index < -0.39 is 8.07 Å². The standard InChI is InChI=1S/C37H46N2O6Si/c1-25-33(18-11-26-9-12-29(13-10-26)38-19-20-44-37(38)42)45-34(36(25)46(3,4)32-16-14-31(43-2)15-17-32)22-35(41)39-23-28-8-6-5-7-27(28)21-30(39)24-40/h5-10,12-17,25,30,33-34,36,40H,11,18-24H2,1-4H3/t25-,30+,33+,34-,36+/m1/s1. The minimum absolute atomic E-state index is 0.0109. The van der Waals surface area contributed by atoms with Crippen molar-refractivity contribution >= 4 is 30.9 Å². The van der Waals surface area contributed by atoms with Gasteiger partial charge in [-0.25, -0.2) is 4.79 Å². The van der Waals surface area contributed by atoms with Gasteiger partial charge in [-0.3, -0.25) is 9.69 Å². The van der Waals surface area contributed by atoms with Crippen molar-refractivity contribution in [3.63, 3.8) is 0 Å². The Hall–Kier alpha value is -3.66. The van der Waals surface area contributed by atoms with Crippen LogP contribution >= 0.6 is 0 Å². The Bertz CT molecular complexity index is 1530. The largest absolute Gasteiger partial charge is 0.497 e. The van der Waals surface area contributed by atoms with Crippen molar-refractivity contribution in [2.45, 2.75) is 76.0 Å². The number of aliphatic hydroxyl groups excluding tert-OH is 1. The summed E-state index contributed by atoms with van der Waals surface area (Å²) in [7, 11) is -0.453. The summed E-state index contributed by atoms with van der Waals surface area (Å²) in [6, 6.07) is 24.6. The Labute approximate surface area is 273 Å². The number of hydrogen-bond acceptors (Lipinski definition) is 6. The van der Waals surface area contributed by atoms with Crippen LogP contribution in [0.15, 0.2) is 72.8 Å². The number of nitrogens with zero attached hydrogens (tertiary/aromatic N) is 2. The van der Waals surface area contributed by atoms with E-state index >= 15 is 0 Å². The molecule has 0 spiro atoms. The van der Waals surface area contributed by atoms with E-state index in [0.717, 1.165) is 29.8 Å². The summed E-state index contributed by atoms with van der Waals surface area (Å²) in [5, 5.41) is 11.6. The first-order valence-electron chi connectivity index (χ1n) is 16.5. The molecule has 8 nitrogen and oxygen atoms in total. The number of ether oxygens (including phenoxy) is 3. The lowest BCUT2D eigenvalue weighted by atomic mass is 9.93. The van der Waals surface area contributed by atoms with Crippen LogP contribution in [0.4, 0.5) is 10.5 Å². The fraction of sp³-hybridized carbons (Fsp3) is 0.459. The highest BCUT2D eigenvalue weighted by Crippen LogP contribution is 2.47. The summed E-state index contributed by atoms with van der Waals surface area (Å²) >= 11 is 0. The molecule has 0 saturated carbocycles. The van der Waals surface area contributed by atoms with Crippen LogP contribution in [0.5, 0.6) is 5.75 Å². The van der Waals surface area contributed by atoms with Crippen LogP contribution in [0.1, 0.15) is 36.5 Å². The summed E-state index contributed by atoms with van der Waals surface area (Å²) in [5.41, 5.74) is 4.62. The SMILES string of the molecule is COc1ccc([Si](C)(C)[C@H]2[C@H](C)[C@H](CCc3ccc(N4CCOC4=O)cc3)O[C@@H]2CC(=O)N2Cc3ccccc3C[C@H]2CO)cc1. The Morgan fingerprint density at radius 2 is 1.72 bits per heavy atom. The van der Waals surface area contributed by atoms with Gasteiger partial charge in [0.05, 0.1) is 53.0 Å². The lowest BCUT2D eigenvalue weighted by Crippen LogP contribution is -2.52. The smallest absolute Gasteiger partial charge is 0.414 e. The van der Waals surface area contributed by atoms with Gasteiger partial charge in [0.2, 0.25) is 5.91 Å². The summed E-state index contributed by atoms with van der Waals surface area (Å²) in [5.74, 6) is 1.14. The van der Waals surface area contributed by atoms with E-state index in [4.69, 9.17) is 14.2 Å². The summed E-state index contributed by atoms with van der Waals surface area (Å²) in [4.78, 5) is 29.6. The van der Waals surface area contributed by atoms with Gasteiger partial charge in [-0.05, 0) is 71.7 Å². The zero-order valence-corrected chi connectivity index (χ0v) is 28.4. The van der Waals surface area contributed by atoms with Crippen LogP contribution in [0.2, 0.25) is 18.6 Å². The Kier molecular flexibility index (Phi) is 9.54. The predicted molar refractivity (Wildman–Crippen MR) is 181 cm³/mol. The molecule has 0 aliphatic carbocycles. The molecule has 3 aliphatic heterocycles. The highest BCUT2D eigenvalue weighted by molar-refractivity contribution is 6.91. The molecule has 0 unspecified atom stereocenters.